The summed E-state index contributed by atoms with van der Waals surface area (Å²) in [5.74, 6) is 0.385. The van der Waals surface area contributed by atoms with Crippen LogP contribution in [-0.2, 0) is 6.54 Å². The van der Waals surface area contributed by atoms with E-state index in [1.165, 1.54) is 44.9 Å². The largest absolute Gasteiger partial charge is 0.350 e. The molecule has 0 aliphatic heterocycles. The van der Waals surface area contributed by atoms with E-state index in [0.717, 1.165) is 29.3 Å². The van der Waals surface area contributed by atoms with Gasteiger partial charge in [-0.2, -0.15) is 5.10 Å². The van der Waals surface area contributed by atoms with Crippen molar-refractivity contribution in [3.8, 4) is 0 Å². The third kappa shape index (κ3) is 7.48. The van der Waals surface area contributed by atoms with Crippen molar-refractivity contribution in [3.05, 3.63) is 63.8 Å². The van der Waals surface area contributed by atoms with Gasteiger partial charge in [0.15, 0.2) is 5.69 Å². The van der Waals surface area contributed by atoms with Crippen LogP contribution in [0.2, 0.25) is 10.0 Å². The van der Waals surface area contributed by atoms with Gasteiger partial charge in [-0.1, -0.05) is 113 Å². The number of fused-ring (bicyclic) bond motifs is 1. The predicted molar refractivity (Wildman–Crippen MR) is 144 cm³/mol. The maximum absolute atomic E-state index is 13.1. The van der Waals surface area contributed by atoms with Gasteiger partial charge < -0.3 is 5.32 Å². The van der Waals surface area contributed by atoms with Crippen LogP contribution >= 0.6 is 23.2 Å². The highest BCUT2D eigenvalue weighted by Crippen LogP contribution is 2.25. The Kier molecular flexibility index (Phi) is 10.7. The van der Waals surface area contributed by atoms with Crippen molar-refractivity contribution in [2.24, 2.45) is 5.92 Å². The quantitative estimate of drug-likeness (QED) is 0.226. The van der Waals surface area contributed by atoms with Gasteiger partial charge in [0.25, 0.3) is 5.91 Å². The summed E-state index contributed by atoms with van der Waals surface area (Å²) < 4.78 is 1.84. The minimum Gasteiger partial charge on any atom is -0.350 e. The molecule has 0 radical (unpaired) electrons. The van der Waals surface area contributed by atoms with Crippen molar-refractivity contribution in [1.29, 1.82) is 0 Å². The van der Waals surface area contributed by atoms with Gasteiger partial charge >= 0.3 is 0 Å². The number of aromatic nitrogens is 2. The molecule has 0 bridgehead atoms. The molecule has 3 aromatic rings. The number of halogens is 2. The molecule has 184 valence electrons. The standard InChI is InChI=1S/C28H37Cl2N3O/c1-3-5-6-7-8-9-10-13-21(4-2)19-31-28(34)27-24-14-11-12-15-26(24)33(32-27)20-22-16-17-23(29)18-25(22)30/h11-12,14-18,21H,3-10,13,19-20H2,1-2H3,(H,31,34). The summed E-state index contributed by atoms with van der Waals surface area (Å²) in [6.45, 7) is 5.62. The molecular formula is C28H37Cl2N3O. The van der Waals surface area contributed by atoms with Crippen molar-refractivity contribution in [2.75, 3.05) is 6.54 Å². The second-order valence-corrected chi connectivity index (χ2v) is 10.00. The molecule has 1 amide bonds. The maximum atomic E-state index is 13.1. The van der Waals surface area contributed by atoms with E-state index in [2.05, 4.69) is 24.3 Å². The normalized spacial score (nSPS) is 12.2. The van der Waals surface area contributed by atoms with Crippen molar-refractivity contribution in [3.63, 3.8) is 0 Å². The van der Waals surface area contributed by atoms with Gasteiger partial charge in [0, 0.05) is 22.0 Å². The fraction of sp³-hybridized carbons (Fsp3) is 0.500. The molecule has 0 aliphatic carbocycles. The molecule has 34 heavy (non-hydrogen) atoms. The minimum absolute atomic E-state index is 0.116. The summed E-state index contributed by atoms with van der Waals surface area (Å²) in [6.07, 6.45) is 11.4. The van der Waals surface area contributed by atoms with E-state index in [9.17, 15) is 4.79 Å². The average molecular weight is 503 g/mol. The van der Waals surface area contributed by atoms with Gasteiger partial charge in [-0.15, -0.1) is 0 Å². The summed E-state index contributed by atoms with van der Waals surface area (Å²) >= 11 is 12.4. The Labute approximate surface area is 214 Å². The SMILES string of the molecule is CCCCCCCCCC(CC)CNC(=O)c1nn(Cc2ccc(Cl)cc2Cl)c2ccccc12. The Morgan fingerprint density at radius 3 is 2.47 bits per heavy atom. The summed E-state index contributed by atoms with van der Waals surface area (Å²) in [7, 11) is 0. The first-order chi connectivity index (χ1) is 16.5. The number of nitrogens with zero attached hydrogens (tertiary/aromatic N) is 2. The van der Waals surface area contributed by atoms with Crippen molar-refractivity contribution in [1.82, 2.24) is 15.1 Å². The van der Waals surface area contributed by atoms with Crippen LogP contribution in [0.3, 0.4) is 0 Å². The number of amides is 1. The summed E-state index contributed by atoms with van der Waals surface area (Å²) in [5.41, 5.74) is 2.28. The van der Waals surface area contributed by atoms with Crippen molar-refractivity contribution in [2.45, 2.75) is 78.2 Å². The first kappa shape index (κ1) is 26.6. The lowest BCUT2D eigenvalue weighted by molar-refractivity contribution is 0.0941. The highest BCUT2D eigenvalue weighted by molar-refractivity contribution is 6.35. The number of benzene rings is 2. The lowest BCUT2D eigenvalue weighted by Crippen LogP contribution is -2.29. The first-order valence-corrected chi connectivity index (χ1v) is 13.5. The lowest BCUT2D eigenvalue weighted by Gasteiger charge is -2.15. The van der Waals surface area contributed by atoms with E-state index in [1.54, 1.807) is 6.07 Å². The van der Waals surface area contributed by atoms with Crippen molar-refractivity contribution < 1.29 is 4.79 Å². The molecular weight excluding hydrogens is 465 g/mol. The summed E-state index contributed by atoms with van der Waals surface area (Å²) in [4.78, 5) is 13.1. The smallest absolute Gasteiger partial charge is 0.272 e. The molecule has 0 saturated heterocycles. The van der Waals surface area contributed by atoms with E-state index < -0.39 is 0 Å². The van der Waals surface area contributed by atoms with Gasteiger partial charge in [-0.3, -0.25) is 9.48 Å². The molecule has 1 heterocycles. The number of carbonyl (C=O) groups is 1. The molecule has 1 N–H and O–H groups in total. The van der Waals surface area contributed by atoms with E-state index in [0.29, 0.717) is 34.7 Å². The molecule has 2 aromatic carbocycles. The maximum Gasteiger partial charge on any atom is 0.272 e. The fourth-order valence-electron chi connectivity index (χ4n) is 4.39. The molecule has 0 saturated carbocycles. The Bertz CT molecular complexity index is 1060. The zero-order chi connectivity index (χ0) is 24.3. The highest BCUT2D eigenvalue weighted by atomic mass is 35.5. The molecule has 0 aliphatic rings. The third-order valence-corrected chi connectivity index (χ3v) is 7.14. The number of para-hydroxylation sites is 1. The van der Waals surface area contributed by atoms with Crippen LogP contribution in [0, 0.1) is 5.92 Å². The summed E-state index contributed by atoms with van der Waals surface area (Å²) in [6, 6.07) is 13.3. The Hall–Kier alpha value is -2.04. The third-order valence-electron chi connectivity index (χ3n) is 6.55. The van der Waals surface area contributed by atoms with Crippen LogP contribution in [-0.4, -0.2) is 22.2 Å². The van der Waals surface area contributed by atoms with Crippen LogP contribution in [0.1, 0.15) is 87.7 Å². The number of rotatable bonds is 14. The molecule has 0 fully saturated rings. The van der Waals surface area contributed by atoms with Crippen molar-refractivity contribution >= 4 is 40.0 Å². The molecule has 1 aromatic heterocycles. The Morgan fingerprint density at radius 2 is 1.74 bits per heavy atom. The predicted octanol–water partition coefficient (Wildman–Crippen LogP) is 8.29. The molecule has 4 nitrogen and oxygen atoms in total. The molecule has 1 atom stereocenters. The van der Waals surface area contributed by atoms with Crippen LogP contribution in [0.25, 0.3) is 10.9 Å². The Balaban J connectivity index is 1.60. The van der Waals surface area contributed by atoms with Crippen LogP contribution in [0.5, 0.6) is 0 Å². The number of unbranched alkanes of at least 4 members (excludes halogenated alkanes) is 6. The molecule has 1 unspecified atom stereocenters. The van der Waals surface area contributed by atoms with Crippen LogP contribution < -0.4 is 5.32 Å². The monoisotopic (exact) mass is 501 g/mol. The van der Waals surface area contributed by atoms with E-state index in [-0.39, 0.29) is 5.91 Å². The van der Waals surface area contributed by atoms with Gasteiger partial charge in [0.2, 0.25) is 0 Å². The van der Waals surface area contributed by atoms with Gasteiger partial charge in [-0.05, 0) is 36.1 Å². The van der Waals surface area contributed by atoms with Gasteiger partial charge in [-0.25, -0.2) is 0 Å². The number of nitrogens with one attached hydrogen (secondary N) is 1. The number of hydrogen-bond donors (Lipinski definition) is 1. The zero-order valence-electron chi connectivity index (χ0n) is 20.5. The Morgan fingerprint density at radius 1 is 1.00 bits per heavy atom. The van der Waals surface area contributed by atoms with Crippen LogP contribution in [0.4, 0.5) is 0 Å². The van der Waals surface area contributed by atoms with E-state index in [4.69, 9.17) is 23.2 Å². The lowest BCUT2D eigenvalue weighted by atomic mass is 9.97. The highest BCUT2D eigenvalue weighted by Gasteiger charge is 2.18. The molecule has 0 spiro atoms. The zero-order valence-corrected chi connectivity index (χ0v) is 22.0. The number of carbonyl (C=O) groups excluding carboxylic acids is 1. The second-order valence-electron chi connectivity index (χ2n) is 9.15. The second kappa shape index (κ2) is 13.7. The van der Waals surface area contributed by atoms with E-state index in [1.807, 2.05) is 41.1 Å². The topological polar surface area (TPSA) is 46.9 Å². The fourth-order valence-corrected chi connectivity index (χ4v) is 4.86. The van der Waals surface area contributed by atoms with Crippen LogP contribution in [0.15, 0.2) is 42.5 Å². The molecule has 3 rings (SSSR count). The average Bonchev–Trinajstić information content (AvgIpc) is 3.20. The summed E-state index contributed by atoms with van der Waals surface area (Å²) in [5, 5.41) is 9.87. The van der Waals surface area contributed by atoms with E-state index >= 15 is 0 Å². The number of hydrogen-bond acceptors (Lipinski definition) is 2. The molecule has 6 heteroatoms. The van der Waals surface area contributed by atoms with Gasteiger partial charge in [0.05, 0.1) is 12.1 Å². The van der Waals surface area contributed by atoms with Gasteiger partial charge in [0.1, 0.15) is 0 Å². The first-order valence-electron chi connectivity index (χ1n) is 12.7. The minimum atomic E-state index is -0.116.